The van der Waals surface area contributed by atoms with Gasteiger partial charge in [-0.25, -0.2) is 4.39 Å². The molecule has 2 N–H and O–H groups in total. The smallest absolute Gasteiger partial charge is 0.291 e. The van der Waals surface area contributed by atoms with Crippen molar-refractivity contribution in [2.75, 3.05) is 6.54 Å². The maximum atomic E-state index is 13.0. The molecule has 1 unspecified atom stereocenters. The second-order valence-corrected chi connectivity index (χ2v) is 4.34. The molecule has 1 aromatic carbocycles. The Hall–Kier alpha value is -2.65. The van der Waals surface area contributed by atoms with Crippen molar-refractivity contribution in [2.24, 2.45) is 0 Å². The average molecular weight is 288 g/mol. The van der Waals surface area contributed by atoms with Gasteiger partial charge in [0.05, 0.1) is 18.2 Å². The average Bonchev–Trinajstić information content (AvgIpc) is 2.90. The first-order chi connectivity index (χ1) is 10.0. The van der Waals surface area contributed by atoms with Crippen molar-refractivity contribution in [3.63, 3.8) is 0 Å². The van der Waals surface area contributed by atoms with E-state index >= 15 is 0 Å². The lowest BCUT2D eigenvalue weighted by molar-refractivity contribution is 0.0913. The highest BCUT2D eigenvalue weighted by Crippen LogP contribution is 2.30. The third-order valence-corrected chi connectivity index (χ3v) is 2.82. The molecule has 1 atom stereocenters. The molecule has 0 aliphatic heterocycles. The van der Waals surface area contributed by atoms with Crippen LogP contribution in [0, 0.1) is 18.2 Å². The van der Waals surface area contributed by atoms with E-state index in [2.05, 4.69) is 16.4 Å². The minimum Gasteiger partial charge on any atom is -0.388 e. The molecule has 6 heteroatoms. The molecule has 0 fully saturated rings. The highest BCUT2D eigenvalue weighted by molar-refractivity contribution is 5.94. The number of nitrogens with one attached hydrogen (secondary N) is 1. The molecule has 5 nitrogen and oxygen atoms in total. The molecule has 1 aromatic heterocycles. The number of aliphatic hydroxyl groups is 1. The second kappa shape index (κ2) is 6.20. The van der Waals surface area contributed by atoms with Crippen LogP contribution < -0.4 is 5.32 Å². The molecule has 1 amide bonds. The molecule has 0 spiro atoms. The fourth-order valence-electron chi connectivity index (χ4n) is 1.88. The van der Waals surface area contributed by atoms with Crippen molar-refractivity contribution >= 4 is 5.91 Å². The van der Waals surface area contributed by atoms with E-state index in [9.17, 15) is 14.3 Å². The third kappa shape index (κ3) is 3.09. The molecule has 0 radical (unpaired) electrons. The molecular formula is C15H13FN2O3. The first kappa shape index (κ1) is 14.8. The number of benzene rings is 1. The van der Waals surface area contributed by atoms with Crippen LogP contribution in [0.3, 0.4) is 0 Å². The monoisotopic (exact) mass is 288 g/mol. The van der Waals surface area contributed by atoms with E-state index in [1.165, 1.54) is 31.2 Å². The highest BCUT2D eigenvalue weighted by atomic mass is 19.1. The molecule has 1 heterocycles. The number of aliphatic hydroxyl groups excluding tert-OH is 1. The first-order valence-electron chi connectivity index (χ1n) is 6.19. The standard InChI is InChI=1S/C15H13FN2O3/c1-3-8-17-15(20)14-12(9(2)19)13(18-21-14)10-4-6-11(16)7-5-10/h1,4-7,9,19H,8H2,2H3,(H,17,20). The lowest BCUT2D eigenvalue weighted by Crippen LogP contribution is -2.24. The third-order valence-electron chi connectivity index (χ3n) is 2.82. The van der Waals surface area contributed by atoms with E-state index in [1.54, 1.807) is 0 Å². The summed E-state index contributed by atoms with van der Waals surface area (Å²) in [7, 11) is 0. The maximum absolute atomic E-state index is 13.0. The van der Waals surface area contributed by atoms with Gasteiger partial charge in [0.25, 0.3) is 5.91 Å². The molecule has 21 heavy (non-hydrogen) atoms. The Morgan fingerprint density at radius 1 is 1.52 bits per heavy atom. The summed E-state index contributed by atoms with van der Waals surface area (Å²) in [6.45, 7) is 1.52. The van der Waals surface area contributed by atoms with Crippen LogP contribution in [0.25, 0.3) is 11.3 Å². The van der Waals surface area contributed by atoms with E-state index in [0.29, 0.717) is 5.56 Å². The maximum Gasteiger partial charge on any atom is 0.291 e. The van der Waals surface area contributed by atoms with Gasteiger partial charge in [-0.15, -0.1) is 6.42 Å². The van der Waals surface area contributed by atoms with Crippen LogP contribution >= 0.6 is 0 Å². The summed E-state index contributed by atoms with van der Waals surface area (Å²) >= 11 is 0. The van der Waals surface area contributed by atoms with Gasteiger partial charge in [-0.1, -0.05) is 11.1 Å². The van der Waals surface area contributed by atoms with Crippen molar-refractivity contribution in [1.29, 1.82) is 0 Å². The zero-order valence-electron chi connectivity index (χ0n) is 11.3. The van der Waals surface area contributed by atoms with E-state index in [-0.39, 0.29) is 23.6 Å². The lowest BCUT2D eigenvalue weighted by atomic mass is 10.0. The van der Waals surface area contributed by atoms with Crippen molar-refractivity contribution in [3.8, 4) is 23.6 Å². The second-order valence-electron chi connectivity index (χ2n) is 4.34. The Morgan fingerprint density at radius 2 is 2.19 bits per heavy atom. The van der Waals surface area contributed by atoms with Gasteiger partial charge in [-0.3, -0.25) is 4.79 Å². The molecule has 2 rings (SSSR count). The van der Waals surface area contributed by atoms with Crippen LogP contribution in [0.2, 0.25) is 0 Å². The van der Waals surface area contributed by atoms with Crippen LogP contribution in [0.4, 0.5) is 4.39 Å². The first-order valence-corrected chi connectivity index (χ1v) is 6.19. The van der Waals surface area contributed by atoms with Gasteiger partial charge in [0, 0.05) is 5.56 Å². The fourth-order valence-corrected chi connectivity index (χ4v) is 1.88. The number of terminal acetylenes is 1. The molecule has 0 saturated carbocycles. The Balaban J connectivity index is 2.44. The normalized spacial score (nSPS) is 11.7. The number of rotatable bonds is 4. The summed E-state index contributed by atoms with van der Waals surface area (Å²) in [5, 5.41) is 16.1. The van der Waals surface area contributed by atoms with E-state index in [4.69, 9.17) is 10.9 Å². The minimum atomic E-state index is -0.983. The fraction of sp³-hybridized carbons (Fsp3) is 0.200. The van der Waals surface area contributed by atoms with Crippen LogP contribution in [-0.2, 0) is 0 Å². The Kier molecular flexibility index (Phi) is 4.36. The number of hydrogen-bond acceptors (Lipinski definition) is 4. The Bertz CT molecular complexity index is 684. The van der Waals surface area contributed by atoms with Crippen molar-refractivity contribution in [1.82, 2.24) is 10.5 Å². The van der Waals surface area contributed by atoms with Crippen LogP contribution in [0.15, 0.2) is 28.8 Å². The Morgan fingerprint density at radius 3 is 2.76 bits per heavy atom. The van der Waals surface area contributed by atoms with Crippen LogP contribution in [-0.4, -0.2) is 22.7 Å². The van der Waals surface area contributed by atoms with E-state index in [1.807, 2.05) is 0 Å². The number of hydrogen-bond donors (Lipinski definition) is 2. The summed E-state index contributed by atoms with van der Waals surface area (Å²) in [4.78, 5) is 11.9. The zero-order chi connectivity index (χ0) is 15.4. The SMILES string of the molecule is C#CCNC(=O)c1onc(-c2ccc(F)cc2)c1C(C)O. The van der Waals surface area contributed by atoms with Crippen LogP contribution in [0.1, 0.15) is 29.1 Å². The summed E-state index contributed by atoms with van der Waals surface area (Å²) in [5.74, 6) is 1.19. The van der Waals surface area contributed by atoms with Gasteiger partial charge in [-0.2, -0.15) is 0 Å². The molecule has 2 aromatic rings. The summed E-state index contributed by atoms with van der Waals surface area (Å²) in [6, 6.07) is 5.49. The highest BCUT2D eigenvalue weighted by Gasteiger charge is 2.26. The number of halogens is 1. The van der Waals surface area contributed by atoms with Crippen molar-refractivity contribution in [3.05, 3.63) is 41.4 Å². The van der Waals surface area contributed by atoms with Crippen molar-refractivity contribution < 1.29 is 18.8 Å². The van der Waals surface area contributed by atoms with E-state index < -0.39 is 17.8 Å². The topological polar surface area (TPSA) is 75.4 Å². The molecule has 0 aliphatic carbocycles. The molecule has 0 bridgehead atoms. The van der Waals surface area contributed by atoms with E-state index in [0.717, 1.165) is 0 Å². The zero-order valence-corrected chi connectivity index (χ0v) is 11.3. The summed E-state index contributed by atoms with van der Waals surface area (Å²) in [5.41, 5.74) is 1.05. The number of amides is 1. The van der Waals surface area contributed by atoms with Gasteiger partial charge in [-0.05, 0) is 31.2 Å². The quantitative estimate of drug-likeness (QED) is 0.843. The van der Waals surface area contributed by atoms with Gasteiger partial charge >= 0.3 is 0 Å². The summed E-state index contributed by atoms with van der Waals surface area (Å²) in [6.07, 6.45) is 4.08. The van der Waals surface area contributed by atoms with Crippen molar-refractivity contribution in [2.45, 2.75) is 13.0 Å². The number of carbonyl (C=O) groups is 1. The molecule has 108 valence electrons. The lowest BCUT2D eigenvalue weighted by Gasteiger charge is -2.06. The number of carbonyl (C=O) groups excluding carboxylic acids is 1. The molecule has 0 saturated heterocycles. The largest absolute Gasteiger partial charge is 0.388 e. The van der Waals surface area contributed by atoms with Gasteiger partial charge in [0.2, 0.25) is 5.76 Å². The Labute approximate surface area is 120 Å². The summed E-state index contributed by atoms with van der Waals surface area (Å²) < 4.78 is 18.0. The molecule has 0 aliphatic rings. The number of nitrogens with zero attached hydrogens (tertiary/aromatic N) is 1. The minimum absolute atomic E-state index is 0.0324. The molecular weight excluding hydrogens is 275 g/mol. The predicted molar refractivity (Wildman–Crippen MR) is 73.7 cm³/mol. The van der Waals surface area contributed by atoms with Gasteiger partial charge in [0.15, 0.2) is 0 Å². The van der Waals surface area contributed by atoms with Crippen LogP contribution in [0.5, 0.6) is 0 Å². The predicted octanol–water partition coefficient (Wildman–Crippen LogP) is 1.90. The number of aromatic nitrogens is 1. The van der Waals surface area contributed by atoms with Gasteiger partial charge < -0.3 is 14.9 Å². The van der Waals surface area contributed by atoms with Gasteiger partial charge in [0.1, 0.15) is 11.5 Å².